The molecule has 4 atom stereocenters. The van der Waals surface area contributed by atoms with Crippen LogP contribution in [0.25, 0.3) is 0 Å². The van der Waals surface area contributed by atoms with Crippen LogP contribution in [0.1, 0.15) is 50.0 Å². The maximum Gasteiger partial charge on any atom is 0.508 e. The molecule has 2 aromatic rings. The maximum absolute atomic E-state index is 12.4. The quantitative estimate of drug-likeness (QED) is 0.393. The van der Waals surface area contributed by atoms with Gasteiger partial charge >= 0.3 is 17.8 Å². The van der Waals surface area contributed by atoms with Crippen LogP contribution in [-0.2, 0) is 30.3 Å². The van der Waals surface area contributed by atoms with Crippen LogP contribution in [0.2, 0.25) is 0 Å². The van der Waals surface area contributed by atoms with E-state index in [1.54, 1.807) is 6.92 Å². The molecule has 40 heavy (non-hydrogen) atoms. The van der Waals surface area contributed by atoms with Gasteiger partial charge in [0, 0.05) is 50.8 Å². The number of nitrogens with zero attached hydrogens (tertiary/aromatic N) is 2. The summed E-state index contributed by atoms with van der Waals surface area (Å²) in [6.07, 6.45) is 1.81. The number of aryl methyl sites for hydroxylation is 1. The van der Waals surface area contributed by atoms with Crippen LogP contribution in [0, 0.1) is 6.92 Å². The molecule has 2 N–H and O–H groups in total. The van der Waals surface area contributed by atoms with Gasteiger partial charge in [-0.3, -0.25) is 24.0 Å². The highest BCUT2D eigenvalue weighted by Crippen LogP contribution is 2.30. The normalized spacial score (nSPS) is 22.7. The first-order valence-corrected chi connectivity index (χ1v) is 13.7. The molecule has 1 unspecified atom stereocenters. The number of hydrogen-bond donors (Lipinski definition) is 2. The summed E-state index contributed by atoms with van der Waals surface area (Å²) in [6.45, 7) is 5.88. The van der Waals surface area contributed by atoms with E-state index in [1.165, 1.54) is 36.1 Å². The lowest BCUT2D eigenvalue weighted by Crippen LogP contribution is -2.44. The maximum atomic E-state index is 12.4. The van der Waals surface area contributed by atoms with E-state index in [0.717, 1.165) is 26.1 Å². The molecule has 3 heterocycles. The first kappa shape index (κ1) is 29.5. The molecule has 0 radical (unpaired) electrons. The summed E-state index contributed by atoms with van der Waals surface area (Å²) in [5, 5.41) is 3.57. The van der Waals surface area contributed by atoms with Crippen molar-refractivity contribution in [3.8, 4) is 0 Å². The van der Waals surface area contributed by atoms with Gasteiger partial charge in [0.15, 0.2) is 0 Å². The van der Waals surface area contributed by atoms with Crippen molar-refractivity contribution in [1.82, 2.24) is 19.8 Å². The van der Waals surface area contributed by atoms with Crippen LogP contribution in [-0.4, -0.2) is 77.7 Å². The van der Waals surface area contributed by atoms with E-state index in [2.05, 4.69) is 27.3 Å². The van der Waals surface area contributed by atoms with Crippen molar-refractivity contribution in [2.24, 2.45) is 0 Å². The Kier molecular flexibility index (Phi) is 10.5. The summed E-state index contributed by atoms with van der Waals surface area (Å²) < 4.78 is 23.1. The topological polar surface area (TPSA) is 141 Å². The SMILES string of the molecule is CC(=O)O[C@H]1C[C@H](n2cc(C)c(=O)[nH]c2=O)O[C@@H]1COC(=O)OCCN(Cc1ccccc1)CC1CCCCN1. The van der Waals surface area contributed by atoms with Crippen molar-refractivity contribution in [3.05, 3.63) is 68.5 Å². The Balaban J connectivity index is 1.29. The number of H-pyrrole nitrogens is 1. The number of aromatic nitrogens is 2. The summed E-state index contributed by atoms with van der Waals surface area (Å²) in [4.78, 5) is 52.6. The Bertz CT molecular complexity index is 1240. The molecular formula is C28H38N4O8. The van der Waals surface area contributed by atoms with Crippen LogP contribution in [0.3, 0.4) is 0 Å². The molecule has 2 aliphatic heterocycles. The Morgan fingerprint density at radius 2 is 1.95 bits per heavy atom. The van der Waals surface area contributed by atoms with Gasteiger partial charge in [-0.1, -0.05) is 36.8 Å². The molecule has 1 aromatic carbocycles. The van der Waals surface area contributed by atoms with Gasteiger partial charge in [-0.2, -0.15) is 0 Å². The van der Waals surface area contributed by atoms with Gasteiger partial charge in [0.1, 0.15) is 31.6 Å². The third kappa shape index (κ3) is 8.51. The fourth-order valence-electron chi connectivity index (χ4n) is 5.08. The van der Waals surface area contributed by atoms with Crippen molar-refractivity contribution in [2.75, 3.05) is 32.8 Å². The van der Waals surface area contributed by atoms with Crippen LogP contribution >= 0.6 is 0 Å². The smallest absolute Gasteiger partial charge is 0.459 e. The van der Waals surface area contributed by atoms with E-state index in [1.807, 2.05) is 18.2 Å². The van der Waals surface area contributed by atoms with Crippen LogP contribution < -0.4 is 16.6 Å². The number of aromatic amines is 1. The van der Waals surface area contributed by atoms with Crippen LogP contribution in [0.4, 0.5) is 4.79 Å². The second-order valence-corrected chi connectivity index (χ2v) is 10.3. The van der Waals surface area contributed by atoms with Crippen molar-refractivity contribution in [2.45, 2.75) is 70.6 Å². The third-order valence-electron chi connectivity index (χ3n) is 7.09. The largest absolute Gasteiger partial charge is 0.508 e. The second kappa shape index (κ2) is 14.2. The highest BCUT2D eigenvalue weighted by Gasteiger charge is 2.40. The van der Waals surface area contributed by atoms with E-state index >= 15 is 0 Å². The van der Waals surface area contributed by atoms with Gasteiger partial charge in [-0.25, -0.2) is 9.59 Å². The Morgan fingerprint density at radius 1 is 1.15 bits per heavy atom. The van der Waals surface area contributed by atoms with Crippen LogP contribution in [0.15, 0.2) is 46.1 Å². The zero-order valence-electron chi connectivity index (χ0n) is 23.0. The molecular weight excluding hydrogens is 520 g/mol. The summed E-state index contributed by atoms with van der Waals surface area (Å²) in [6, 6.07) is 10.5. The minimum absolute atomic E-state index is 0.145. The number of piperidine rings is 1. The molecule has 12 nitrogen and oxygen atoms in total. The third-order valence-corrected chi connectivity index (χ3v) is 7.09. The fourth-order valence-corrected chi connectivity index (χ4v) is 5.08. The number of carbonyl (C=O) groups excluding carboxylic acids is 2. The number of ether oxygens (including phenoxy) is 4. The second-order valence-electron chi connectivity index (χ2n) is 10.3. The average Bonchev–Trinajstić information content (AvgIpc) is 3.32. The van der Waals surface area contributed by atoms with Crippen LogP contribution in [0.5, 0.6) is 0 Å². The first-order chi connectivity index (χ1) is 19.3. The lowest BCUT2D eigenvalue weighted by Gasteiger charge is -2.30. The molecule has 2 aliphatic rings. The average molecular weight is 559 g/mol. The van der Waals surface area contributed by atoms with Gasteiger partial charge in [-0.05, 0) is 31.9 Å². The predicted molar refractivity (Wildman–Crippen MR) is 145 cm³/mol. The van der Waals surface area contributed by atoms with E-state index < -0.39 is 41.8 Å². The minimum Gasteiger partial charge on any atom is -0.459 e. The molecule has 12 heteroatoms. The summed E-state index contributed by atoms with van der Waals surface area (Å²) in [7, 11) is 0. The molecule has 2 fully saturated rings. The molecule has 218 valence electrons. The zero-order valence-corrected chi connectivity index (χ0v) is 23.0. The highest BCUT2D eigenvalue weighted by molar-refractivity contribution is 5.66. The lowest BCUT2D eigenvalue weighted by molar-refractivity contribution is -0.150. The van der Waals surface area contributed by atoms with Crippen molar-refractivity contribution < 1.29 is 28.5 Å². The number of rotatable bonds is 11. The van der Waals surface area contributed by atoms with Gasteiger partial charge in [-0.15, -0.1) is 0 Å². The molecule has 0 saturated carbocycles. The predicted octanol–water partition coefficient (Wildman–Crippen LogP) is 1.86. The van der Waals surface area contributed by atoms with Crippen molar-refractivity contribution >= 4 is 12.1 Å². The van der Waals surface area contributed by atoms with E-state index in [-0.39, 0.29) is 19.6 Å². The van der Waals surface area contributed by atoms with E-state index in [0.29, 0.717) is 18.2 Å². The number of esters is 1. The lowest BCUT2D eigenvalue weighted by atomic mass is 10.0. The molecule has 0 amide bonds. The molecule has 0 bridgehead atoms. The monoisotopic (exact) mass is 558 g/mol. The summed E-state index contributed by atoms with van der Waals surface area (Å²) in [5.41, 5.74) is 0.376. The zero-order chi connectivity index (χ0) is 28.5. The molecule has 2 saturated heterocycles. The number of nitrogens with one attached hydrogen (secondary N) is 2. The van der Waals surface area contributed by atoms with Crippen molar-refractivity contribution in [3.63, 3.8) is 0 Å². The number of carbonyl (C=O) groups is 2. The van der Waals surface area contributed by atoms with E-state index in [4.69, 9.17) is 18.9 Å². The standard InChI is InChI=1S/C28H38N4O8/c1-19-15-32(27(35)30-26(19)34)25-14-23(39-20(2)33)24(40-25)18-38-28(36)37-13-12-31(16-21-8-4-3-5-9-21)17-22-10-6-7-11-29-22/h3-5,8-9,15,22-25,29H,6-7,10-14,16-18H2,1-2H3,(H,30,34,35)/t22?,23-,24+,25+/m0/s1. The fraction of sp³-hybridized carbons (Fsp3) is 0.571. The molecule has 0 spiro atoms. The summed E-state index contributed by atoms with van der Waals surface area (Å²) >= 11 is 0. The van der Waals surface area contributed by atoms with Gasteiger partial charge in [0.2, 0.25) is 0 Å². The van der Waals surface area contributed by atoms with Crippen molar-refractivity contribution in [1.29, 1.82) is 0 Å². The summed E-state index contributed by atoms with van der Waals surface area (Å²) in [5.74, 6) is -0.530. The Hall–Kier alpha value is -3.48. The molecule has 4 rings (SSSR count). The first-order valence-electron chi connectivity index (χ1n) is 13.7. The minimum atomic E-state index is -0.860. The Labute approximate surface area is 232 Å². The highest BCUT2D eigenvalue weighted by atomic mass is 16.7. The number of hydrogen-bond acceptors (Lipinski definition) is 10. The van der Waals surface area contributed by atoms with E-state index in [9.17, 15) is 19.2 Å². The number of benzene rings is 1. The van der Waals surface area contributed by atoms with Gasteiger partial charge in [0.05, 0.1) is 0 Å². The van der Waals surface area contributed by atoms with Gasteiger partial charge < -0.3 is 24.3 Å². The molecule has 0 aliphatic carbocycles. The Morgan fingerprint density at radius 3 is 2.67 bits per heavy atom. The van der Waals surface area contributed by atoms with Gasteiger partial charge in [0.25, 0.3) is 5.56 Å². The molecule has 1 aromatic heterocycles.